The molecule has 2 aromatic carbocycles. The molecule has 5 aromatic rings. The van der Waals surface area contributed by atoms with E-state index in [2.05, 4.69) is 25.3 Å². The third kappa shape index (κ3) is 3.98. The van der Waals surface area contributed by atoms with Gasteiger partial charge in [-0.05, 0) is 12.1 Å². The maximum Gasteiger partial charge on any atom is 0.301 e. The lowest BCUT2D eigenvalue weighted by Crippen LogP contribution is -2.13. The molecular formula is C21H13ClN6OS2. The first kappa shape index (κ1) is 19.6. The molecule has 152 valence electrons. The highest BCUT2D eigenvalue weighted by Crippen LogP contribution is 2.30. The van der Waals surface area contributed by atoms with Gasteiger partial charge >= 0.3 is 5.56 Å². The Morgan fingerprint density at radius 3 is 2.52 bits per heavy atom. The van der Waals surface area contributed by atoms with Crippen LogP contribution < -0.4 is 5.56 Å². The molecule has 0 aliphatic carbocycles. The number of aromatic amines is 1. The van der Waals surface area contributed by atoms with Crippen LogP contribution in [-0.4, -0.2) is 19.7 Å². The van der Waals surface area contributed by atoms with Crippen molar-refractivity contribution in [1.82, 2.24) is 19.7 Å². The van der Waals surface area contributed by atoms with E-state index in [1.807, 2.05) is 47.8 Å². The molecule has 0 spiro atoms. The second-order valence-electron chi connectivity index (χ2n) is 6.38. The molecule has 0 atom stereocenters. The summed E-state index contributed by atoms with van der Waals surface area (Å²) in [4.78, 5) is 22.0. The number of H-pyrrole nitrogens is 1. The molecule has 1 N–H and O–H groups in total. The molecule has 3 heterocycles. The van der Waals surface area contributed by atoms with Crippen LogP contribution in [0.15, 0.2) is 86.6 Å². The lowest BCUT2D eigenvalue weighted by molar-refractivity contribution is 0.843. The van der Waals surface area contributed by atoms with Crippen molar-refractivity contribution in [3.63, 3.8) is 0 Å². The summed E-state index contributed by atoms with van der Waals surface area (Å²) in [7, 11) is 0. The maximum absolute atomic E-state index is 13.2. The van der Waals surface area contributed by atoms with Crippen LogP contribution >= 0.6 is 34.3 Å². The van der Waals surface area contributed by atoms with Crippen molar-refractivity contribution < 1.29 is 0 Å². The summed E-state index contributed by atoms with van der Waals surface area (Å²) in [6, 6.07) is 16.9. The Kier molecular flexibility index (Phi) is 5.29. The number of nitrogens with one attached hydrogen (secondary N) is 1. The minimum absolute atomic E-state index is 0.175. The standard InChI is InChI=1S/C21H13ClN6OS2/c22-15-8-6-14(7-9-15)17-18(25-26-20-23-10-11-30-20)19(29)28(27-17)21-24-16(12-31-21)13-4-2-1-3-5-13/h1-12,27H. The van der Waals surface area contributed by atoms with Crippen LogP contribution in [0.5, 0.6) is 0 Å². The molecule has 7 nitrogen and oxygen atoms in total. The van der Waals surface area contributed by atoms with Gasteiger partial charge in [-0.2, -0.15) is 4.68 Å². The lowest BCUT2D eigenvalue weighted by Gasteiger charge is -2.00. The average Bonchev–Trinajstić information content (AvgIpc) is 3.54. The van der Waals surface area contributed by atoms with Gasteiger partial charge in [0.1, 0.15) is 0 Å². The Labute approximate surface area is 189 Å². The summed E-state index contributed by atoms with van der Waals surface area (Å²) < 4.78 is 1.39. The van der Waals surface area contributed by atoms with Gasteiger partial charge in [-0.15, -0.1) is 32.9 Å². The average molecular weight is 465 g/mol. The van der Waals surface area contributed by atoms with Gasteiger partial charge < -0.3 is 0 Å². The Bertz CT molecular complexity index is 1400. The molecule has 0 aliphatic rings. The predicted octanol–water partition coefficient (Wildman–Crippen LogP) is 6.48. The normalized spacial score (nSPS) is 11.4. The Morgan fingerprint density at radius 1 is 0.968 bits per heavy atom. The summed E-state index contributed by atoms with van der Waals surface area (Å²) in [6.07, 6.45) is 1.63. The van der Waals surface area contributed by atoms with Gasteiger partial charge in [-0.25, -0.2) is 9.97 Å². The molecule has 10 heteroatoms. The molecule has 0 aliphatic heterocycles. The van der Waals surface area contributed by atoms with Crippen LogP contribution in [0.1, 0.15) is 0 Å². The molecular weight excluding hydrogens is 452 g/mol. The number of hydrogen-bond donors (Lipinski definition) is 1. The van der Waals surface area contributed by atoms with Gasteiger partial charge in [-0.1, -0.05) is 54.1 Å². The van der Waals surface area contributed by atoms with Crippen molar-refractivity contribution in [2.45, 2.75) is 0 Å². The zero-order chi connectivity index (χ0) is 21.2. The minimum atomic E-state index is -0.348. The Balaban J connectivity index is 1.62. The zero-order valence-electron chi connectivity index (χ0n) is 15.8. The molecule has 0 unspecified atom stereocenters. The van der Waals surface area contributed by atoms with E-state index in [1.165, 1.54) is 27.4 Å². The Morgan fingerprint density at radius 2 is 1.77 bits per heavy atom. The van der Waals surface area contributed by atoms with Gasteiger partial charge in [0.15, 0.2) is 5.69 Å². The van der Waals surface area contributed by atoms with Crippen molar-refractivity contribution in [2.75, 3.05) is 0 Å². The van der Waals surface area contributed by atoms with E-state index < -0.39 is 0 Å². The van der Waals surface area contributed by atoms with E-state index >= 15 is 0 Å². The molecule has 0 bridgehead atoms. The van der Waals surface area contributed by atoms with E-state index in [9.17, 15) is 4.79 Å². The zero-order valence-corrected chi connectivity index (χ0v) is 18.2. The van der Waals surface area contributed by atoms with E-state index in [4.69, 9.17) is 11.6 Å². The highest BCUT2D eigenvalue weighted by atomic mass is 35.5. The van der Waals surface area contributed by atoms with Crippen LogP contribution in [0, 0.1) is 0 Å². The predicted molar refractivity (Wildman–Crippen MR) is 124 cm³/mol. The first-order valence-electron chi connectivity index (χ1n) is 9.12. The fourth-order valence-corrected chi connectivity index (χ4v) is 4.31. The van der Waals surface area contributed by atoms with Crippen LogP contribution in [0.4, 0.5) is 10.8 Å². The number of aromatic nitrogens is 4. The van der Waals surface area contributed by atoms with Gasteiger partial charge in [0.25, 0.3) is 0 Å². The van der Waals surface area contributed by atoms with Crippen LogP contribution in [-0.2, 0) is 0 Å². The van der Waals surface area contributed by atoms with Crippen molar-refractivity contribution in [3.8, 4) is 27.6 Å². The van der Waals surface area contributed by atoms with Crippen LogP contribution in [0.3, 0.4) is 0 Å². The molecule has 0 radical (unpaired) electrons. The van der Waals surface area contributed by atoms with Crippen molar-refractivity contribution in [3.05, 3.63) is 86.9 Å². The van der Waals surface area contributed by atoms with Gasteiger partial charge in [0, 0.05) is 33.1 Å². The molecule has 5 rings (SSSR count). The smallest absolute Gasteiger partial charge is 0.286 e. The fraction of sp³-hybridized carbons (Fsp3) is 0. The minimum Gasteiger partial charge on any atom is -0.286 e. The van der Waals surface area contributed by atoms with Gasteiger partial charge in [0.05, 0.1) is 11.4 Å². The summed E-state index contributed by atoms with van der Waals surface area (Å²) in [6.45, 7) is 0. The SMILES string of the molecule is O=c1c(N=Nc2nccs2)c(-c2ccc(Cl)cc2)[nH]n1-c1nc(-c2ccccc2)cs1. The molecule has 3 aromatic heterocycles. The van der Waals surface area contributed by atoms with Crippen molar-refractivity contribution in [2.24, 2.45) is 10.2 Å². The number of rotatable bonds is 5. The quantitative estimate of drug-likeness (QED) is 0.302. The highest BCUT2D eigenvalue weighted by molar-refractivity contribution is 7.13. The van der Waals surface area contributed by atoms with Gasteiger partial charge in [0.2, 0.25) is 10.3 Å². The summed E-state index contributed by atoms with van der Waals surface area (Å²) in [5, 5.41) is 16.7. The maximum atomic E-state index is 13.2. The van der Waals surface area contributed by atoms with E-state index in [-0.39, 0.29) is 11.2 Å². The van der Waals surface area contributed by atoms with E-state index in [0.717, 1.165) is 16.8 Å². The number of nitrogens with zero attached hydrogens (tertiary/aromatic N) is 5. The van der Waals surface area contributed by atoms with E-state index in [1.54, 1.807) is 23.7 Å². The third-order valence-corrected chi connectivity index (χ3v) is 6.14. The lowest BCUT2D eigenvalue weighted by atomic mass is 10.1. The molecule has 0 fully saturated rings. The number of azo groups is 1. The Hall–Kier alpha value is -3.40. The number of halogens is 1. The van der Waals surface area contributed by atoms with Crippen molar-refractivity contribution in [1.29, 1.82) is 0 Å². The molecule has 0 saturated heterocycles. The second kappa shape index (κ2) is 8.38. The third-order valence-electron chi connectivity index (χ3n) is 4.41. The highest BCUT2D eigenvalue weighted by Gasteiger charge is 2.19. The monoisotopic (exact) mass is 464 g/mol. The summed E-state index contributed by atoms with van der Waals surface area (Å²) in [5.74, 6) is 0. The number of thiazole rings is 2. The molecule has 0 amide bonds. The number of benzene rings is 2. The molecule has 31 heavy (non-hydrogen) atoms. The first-order chi connectivity index (χ1) is 15.2. The fourth-order valence-electron chi connectivity index (χ4n) is 2.94. The summed E-state index contributed by atoms with van der Waals surface area (Å²) in [5.41, 5.74) is 2.88. The first-order valence-corrected chi connectivity index (χ1v) is 11.3. The summed E-state index contributed by atoms with van der Waals surface area (Å²) >= 11 is 8.73. The molecule has 0 saturated carbocycles. The topological polar surface area (TPSA) is 88.3 Å². The van der Waals surface area contributed by atoms with Crippen LogP contribution in [0.2, 0.25) is 5.02 Å². The van der Waals surface area contributed by atoms with Crippen LogP contribution in [0.25, 0.3) is 27.6 Å². The largest absolute Gasteiger partial charge is 0.301 e. The second-order valence-corrected chi connectivity index (χ2v) is 8.52. The number of hydrogen-bond acceptors (Lipinski definition) is 7. The van der Waals surface area contributed by atoms with Crippen molar-refractivity contribution >= 4 is 45.1 Å². The van der Waals surface area contributed by atoms with E-state index in [0.29, 0.717) is 21.0 Å². The van der Waals surface area contributed by atoms with Gasteiger partial charge in [-0.3, -0.25) is 9.89 Å².